The maximum Gasteiger partial charge on any atom is 0.304 e. The quantitative estimate of drug-likeness (QED) is 0.707. The number of carbonyl (C=O) groups excluding carboxylic acids is 1. The molecule has 0 spiro atoms. The molecule has 0 radical (unpaired) electrons. The van der Waals surface area contributed by atoms with Crippen LogP contribution in [0.15, 0.2) is 35.5 Å². The number of aliphatic carboxylic acids is 1. The van der Waals surface area contributed by atoms with Crippen LogP contribution in [0.3, 0.4) is 0 Å². The Labute approximate surface area is 132 Å². The van der Waals surface area contributed by atoms with Crippen LogP contribution in [-0.2, 0) is 9.59 Å². The first-order chi connectivity index (χ1) is 10.2. The van der Waals surface area contributed by atoms with Gasteiger partial charge in [0.2, 0.25) is 0 Å². The van der Waals surface area contributed by atoms with Crippen LogP contribution in [-0.4, -0.2) is 28.1 Å². The summed E-state index contributed by atoms with van der Waals surface area (Å²) in [6, 6.07) is 0. The number of hydrogen-bond donors (Lipinski definition) is 2. The molecule has 0 bridgehead atoms. The predicted molar refractivity (Wildman–Crippen MR) is 86.5 cm³/mol. The van der Waals surface area contributed by atoms with Gasteiger partial charge in [-0.2, -0.15) is 0 Å². The van der Waals surface area contributed by atoms with Gasteiger partial charge in [0.05, 0.1) is 12.5 Å². The number of carboxylic acids is 1. The van der Waals surface area contributed by atoms with Crippen molar-refractivity contribution < 1.29 is 19.8 Å². The molecule has 0 fully saturated rings. The van der Waals surface area contributed by atoms with E-state index in [9.17, 15) is 14.7 Å². The number of rotatable bonds is 7. The van der Waals surface area contributed by atoms with E-state index in [1.54, 1.807) is 0 Å². The molecule has 0 amide bonds. The molecule has 0 aromatic rings. The van der Waals surface area contributed by atoms with E-state index >= 15 is 0 Å². The number of aliphatic hydroxyl groups is 1. The van der Waals surface area contributed by atoms with Crippen molar-refractivity contribution in [2.45, 2.75) is 59.0 Å². The normalized spacial score (nSPS) is 25.2. The summed E-state index contributed by atoms with van der Waals surface area (Å²) in [5, 5.41) is 18.9. The van der Waals surface area contributed by atoms with Crippen LogP contribution in [0.1, 0.15) is 52.9 Å². The number of carboxylic acid groups (broad SMARTS) is 1. The summed E-state index contributed by atoms with van der Waals surface area (Å²) in [7, 11) is 0. The van der Waals surface area contributed by atoms with Gasteiger partial charge in [-0.05, 0) is 52.5 Å². The Hall–Kier alpha value is -1.68. The molecule has 0 saturated carbocycles. The van der Waals surface area contributed by atoms with Crippen molar-refractivity contribution in [3.05, 3.63) is 35.5 Å². The van der Waals surface area contributed by atoms with Crippen LogP contribution in [0.5, 0.6) is 0 Å². The lowest BCUT2D eigenvalue weighted by atomic mass is 9.70. The van der Waals surface area contributed by atoms with Crippen LogP contribution in [0.25, 0.3) is 0 Å². The van der Waals surface area contributed by atoms with Crippen molar-refractivity contribution in [1.29, 1.82) is 0 Å². The lowest BCUT2D eigenvalue weighted by molar-refractivity contribution is -0.144. The average molecular weight is 306 g/mol. The van der Waals surface area contributed by atoms with Gasteiger partial charge in [0.15, 0.2) is 5.78 Å². The molecule has 1 rings (SSSR count). The van der Waals surface area contributed by atoms with E-state index in [2.05, 4.69) is 19.9 Å². The van der Waals surface area contributed by atoms with Gasteiger partial charge in [-0.15, -0.1) is 0 Å². The van der Waals surface area contributed by atoms with E-state index < -0.39 is 17.5 Å². The largest absolute Gasteiger partial charge is 0.481 e. The Morgan fingerprint density at radius 3 is 2.64 bits per heavy atom. The Morgan fingerprint density at radius 2 is 2.05 bits per heavy atom. The Bertz CT molecular complexity index is 509. The first-order valence-corrected chi connectivity index (χ1v) is 7.67. The minimum atomic E-state index is -1.02. The lowest BCUT2D eigenvalue weighted by Gasteiger charge is -2.33. The van der Waals surface area contributed by atoms with Crippen LogP contribution >= 0.6 is 0 Å². The SMILES string of the molecule is CC(C)=CCC/C(C)=C/C[C@]1(CC(=O)O)C[C@H](O)C=CC1=O. The minimum Gasteiger partial charge on any atom is -0.481 e. The highest BCUT2D eigenvalue weighted by Crippen LogP contribution is 2.38. The smallest absolute Gasteiger partial charge is 0.304 e. The fourth-order valence-electron chi connectivity index (χ4n) is 2.71. The predicted octanol–water partition coefficient (Wildman–Crippen LogP) is 3.42. The summed E-state index contributed by atoms with van der Waals surface area (Å²) in [4.78, 5) is 23.3. The third kappa shape index (κ3) is 5.60. The van der Waals surface area contributed by atoms with Crippen molar-refractivity contribution in [3.8, 4) is 0 Å². The van der Waals surface area contributed by atoms with Crippen molar-refractivity contribution in [2.75, 3.05) is 0 Å². The highest BCUT2D eigenvalue weighted by Gasteiger charge is 2.41. The van der Waals surface area contributed by atoms with Crippen LogP contribution < -0.4 is 0 Å². The fourth-order valence-corrected chi connectivity index (χ4v) is 2.71. The van der Waals surface area contributed by atoms with Gasteiger partial charge in [-0.1, -0.05) is 29.4 Å². The summed E-state index contributed by atoms with van der Waals surface area (Å²) in [5.41, 5.74) is 1.39. The van der Waals surface area contributed by atoms with Crippen molar-refractivity contribution in [3.63, 3.8) is 0 Å². The van der Waals surface area contributed by atoms with E-state index in [0.29, 0.717) is 6.42 Å². The maximum absolute atomic E-state index is 12.2. The lowest BCUT2D eigenvalue weighted by Crippen LogP contribution is -2.38. The summed E-state index contributed by atoms with van der Waals surface area (Å²) in [5.74, 6) is -1.21. The molecule has 1 aliphatic carbocycles. The second-order valence-corrected chi connectivity index (χ2v) is 6.42. The van der Waals surface area contributed by atoms with Crippen LogP contribution in [0.2, 0.25) is 0 Å². The number of ketones is 1. The highest BCUT2D eigenvalue weighted by molar-refractivity contribution is 5.98. The zero-order chi connectivity index (χ0) is 16.8. The molecule has 2 N–H and O–H groups in total. The molecule has 0 aromatic carbocycles. The first-order valence-electron chi connectivity index (χ1n) is 7.67. The van der Waals surface area contributed by atoms with Gasteiger partial charge in [0, 0.05) is 5.41 Å². The maximum atomic E-state index is 12.2. The molecule has 4 nitrogen and oxygen atoms in total. The molecule has 2 atom stereocenters. The van der Waals surface area contributed by atoms with Gasteiger partial charge in [-0.3, -0.25) is 9.59 Å². The van der Waals surface area contributed by atoms with Gasteiger partial charge in [0.25, 0.3) is 0 Å². The minimum absolute atomic E-state index is 0.173. The molecule has 22 heavy (non-hydrogen) atoms. The number of carbonyl (C=O) groups is 2. The van der Waals surface area contributed by atoms with Gasteiger partial charge >= 0.3 is 5.97 Å². The van der Waals surface area contributed by atoms with Crippen LogP contribution in [0, 0.1) is 5.41 Å². The van der Waals surface area contributed by atoms with E-state index in [1.807, 2.05) is 13.0 Å². The molecule has 0 saturated heterocycles. The van der Waals surface area contributed by atoms with Gasteiger partial charge in [0.1, 0.15) is 0 Å². The van der Waals surface area contributed by atoms with E-state index in [-0.39, 0.29) is 18.6 Å². The highest BCUT2D eigenvalue weighted by atomic mass is 16.4. The molecule has 4 heteroatoms. The molecule has 0 aliphatic heterocycles. The van der Waals surface area contributed by atoms with Gasteiger partial charge < -0.3 is 10.2 Å². The monoisotopic (exact) mass is 306 g/mol. The summed E-state index contributed by atoms with van der Waals surface area (Å²) >= 11 is 0. The fraction of sp³-hybridized carbons (Fsp3) is 0.556. The summed E-state index contributed by atoms with van der Waals surface area (Å²) in [6.45, 7) is 6.09. The second-order valence-electron chi connectivity index (χ2n) is 6.42. The van der Waals surface area contributed by atoms with Gasteiger partial charge in [-0.25, -0.2) is 0 Å². The topological polar surface area (TPSA) is 74.6 Å². The number of allylic oxidation sites excluding steroid dienone is 5. The number of aliphatic hydroxyl groups excluding tert-OH is 1. The van der Waals surface area contributed by atoms with Crippen LogP contribution in [0.4, 0.5) is 0 Å². The molecule has 0 heterocycles. The molecule has 1 aliphatic rings. The zero-order valence-corrected chi connectivity index (χ0v) is 13.6. The van der Waals surface area contributed by atoms with E-state index in [4.69, 9.17) is 5.11 Å². The van der Waals surface area contributed by atoms with Crippen molar-refractivity contribution in [1.82, 2.24) is 0 Å². The number of hydrogen-bond acceptors (Lipinski definition) is 3. The Morgan fingerprint density at radius 1 is 1.36 bits per heavy atom. The van der Waals surface area contributed by atoms with Crippen molar-refractivity contribution in [2.24, 2.45) is 5.41 Å². The first kappa shape index (κ1) is 18.4. The molecule has 122 valence electrons. The van der Waals surface area contributed by atoms with Crippen molar-refractivity contribution >= 4 is 11.8 Å². The van der Waals surface area contributed by atoms with E-state index in [1.165, 1.54) is 17.7 Å². The molecule has 0 unspecified atom stereocenters. The third-order valence-electron chi connectivity index (χ3n) is 4.01. The summed E-state index contributed by atoms with van der Waals surface area (Å²) < 4.78 is 0. The van der Waals surface area contributed by atoms with E-state index in [0.717, 1.165) is 18.4 Å². The summed E-state index contributed by atoms with van der Waals surface area (Å²) in [6.07, 6.45) is 8.23. The Kier molecular flexibility index (Phi) is 6.75. The zero-order valence-electron chi connectivity index (χ0n) is 13.6. The second kappa shape index (κ2) is 8.08. The average Bonchev–Trinajstić information content (AvgIpc) is 2.40. The molecule has 0 aromatic heterocycles. The standard InChI is InChI=1S/C18H26O4/c1-13(2)5-4-6-14(3)9-10-18(12-17(21)22)11-15(19)7-8-16(18)20/h5,7-9,15,19H,4,6,10-12H2,1-3H3,(H,21,22)/b14-9+/t15-,18-/m1/s1. The Balaban J connectivity index is 2.82. The third-order valence-corrected chi connectivity index (χ3v) is 4.01. The molecular weight excluding hydrogens is 280 g/mol. The molecular formula is C18H26O4.